The highest BCUT2D eigenvalue weighted by atomic mass is 32.1. The monoisotopic (exact) mass is 404 g/mol. The summed E-state index contributed by atoms with van der Waals surface area (Å²) in [6.45, 7) is 4.97. The molecule has 1 aliphatic rings. The van der Waals surface area contributed by atoms with Crippen molar-refractivity contribution in [2.24, 2.45) is 0 Å². The Morgan fingerprint density at radius 1 is 1.30 bits per heavy atom. The summed E-state index contributed by atoms with van der Waals surface area (Å²) in [5, 5.41) is 13.4. The third-order valence-corrected chi connectivity index (χ3v) is 6.96. The molecule has 0 spiro atoms. The number of piperidine rings is 1. The lowest BCUT2D eigenvalue weighted by molar-refractivity contribution is -0.0300. The van der Waals surface area contributed by atoms with Gasteiger partial charge in [0, 0.05) is 23.3 Å². The van der Waals surface area contributed by atoms with E-state index in [0.29, 0.717) is 37.0 Å². The molecular weight excluding hydrogens is 384 g/mol. The van der Waals surface area contributed by atoms with E-state index in [-0.39, 0.29) is 18.0 Å². The second-order valence-corrected chi connectivity index (χ2v) is 8.95. The Balaban J connectivity index is 1.51. The molecule has 7 nitrogen and oxygen atoms in total. The van der Waals surface area contributed by atoms with Crippen molar-refractivity contribution in [3.05, 3.63) is 43.7 Å². The van der Waals surface area contributed by atoms with E-state index in [1.807, 2.05) is 13.8 Å². The fraction of sp³-hybridized carbons (Fsp3) is 0.444. The molecule has 1 N–H and O–H groups in total. The van der Waals surface area contributed by atoms with Crippen LogP contribution in [0, 0.1) is 13.8 Å². The van der Waals surface area contributed by atoms with Crippen LogP contribution in [0.1, 0.15) is 33.8 Å². The highest BCUT2D eigenvalue weighted by Gasteiger charge is 2.35. The van der Waals surface area contributed by atoms with Gasteiger partial charge in [0.05, 0.1) is 29.4 Å². The van der Waals surface area contributed by atoms with E-state index in [1.54, 1.807) is 15.8 Å². The molecule has 27 heavy (non-hydrogen) atoms. The lowest BCUT2D eigenvalue weighted by Crippen LogP contribution is -2.49. The van der Waals surface area contributed by atoms with Gasteiger partial charge in [-0.25, -0.2) is 9.97 Å². The summed E-state index contributed by atoms with van der Waals surface area (Å²) >= 11 is 2.90. The number of aliphatic hydroxyl groups is 1. The fourth-order valence-electron chi connectivity index (χ4n) is 3.46. The number of aryl methyl sites for hydroxylation is 2. The number of rotatable bonds is 3. The van der Waals surface area contributed by atoms with Gasteiger partial charge in [0.2, 0.25) is 0 Å². The van der Waals surface area contributed by atoms with Gasteiger partial charge in [-0.1, -0.05) is 0 Å². The van der Waals surface area contributed by atoms with E-state index in [4.69, 9.17) is 0 Å². The molecule has 0 aromatic carbocycles. The Morgan fingerprint density at radius 2 is 2.04 bits per heavy atom. The van der Waals surface area contributed by atoms with E-state index in [2.05, 4.69) is 9.97 Å². The van der Waals surface area contributed by atoms with Gasteiger partial charge >= 0.3 is 0 Å². The molecule has 0 radical (unpaired) electrons. The highest BCUT2D eigenvalue weighted by molar-refractivity contribution is 7.18. The number of carbonyl (C=O) groups is 1. The number of hydrogen-bond donors (Lipinski definition) is 1. The Morgan fingerprint density at radius 3 is 2.70 bits per heavy atom. The molecule has 0 bridgehead atoms. The van der Waals surface area contributed by atoms with Gasteiger partial charge in [0.15, 0.2) is 0 Å². The maximum atomic E-state index is 12.9. The van der Waals surface area contributed by atoms with E-state index in [1.165, 1.54) is 33.6 Å². The molecule has 3 aromatic rings. The van der Waals surface area contributed by atoms with Crippen LogP contribution >= 0.6 is 22.7 Å². The largest absolute Gasteiger partial charge is 0.388 e. The zero-order valence-corrected chi connectivity index (χ0v) is 16.8. The number of likely N-dealkylation sites (tertiary alicyclic amines) is 1. The van der Waals surface area contributed by atoms with Crippen LogP contribution < -0.4 is 5.56 Å². The van der Waals surface area contributed by atoms with Crippen molar-refractivity contribution in [1.29, 1.82) is 0 Å². The molecule has 4 rings (SSSR count). The predicted molar refractivity (Wildman–Crippen MR) is 106 cm³/mol. The van der Waals surface area contributed by atoms with Crippen molar-refractivity contribution in [1.82, 2.24) is 19.4 Å². The number of amides is 1. The number of aromatic nitrogens is 3. The summed E-state index contributed by atoms with van der Waals surface area (Å²) in [7, 11) is 0. The fourth-order valence-corrected chi connectivity index (χ4v) is 4.98. The van der Waals surface area contributed by atoms with Gasteiger partial charge in [0.25, 0.3) is 11.5 Å². The predicted octanol–water partition coefficient (Wildman–Crippen LogP) is 2.20. The minimum absolute atomic E-state index is 0.108. The topological polar surface area (TPSA) is 88.3 Å². The van der Waals surface area contributed by atoms with Gasteiger partial charge in [-0.05, 0) is 32.3 Å². The summed E-state index contributed by atoms with van der Waals surface area (Å²) in [6.07, 6.45) is 2.34. The third kappa shape index (κ3) is 3.30. The maximum Gasteiger partial charge on any atom is 0.273 e. The minimum Gasteiger partial charge on any atom is -0.388 e. The smallest absolute Gasteiger partial charge is 0.273 e. The van der Waals surface area contributed by atoms with E-state index >= 15 is 0 Å². The highest BCUT2D eigenvalue weighted by Crippen LogP contribution is 2.27. The van der Waals surface area contributed by atoms with Gasteiger partial charge in [0.1, 0.15) is 10.5 Å². The van der Waals surface area contributed by atoms with E-state index in [9.17, 15) is 14.7 Å². The number of thiazole rings is 1. The van der Waals surface area contributed by atoms with Gasteiger partial charge in [-0.2, -0.15) is 0 Å². The van der Waals surface area contributed by atoms with Gasteiger partial charge in [-0.15, -0.1) is 22.7 Å². The van der Waals surface area contributed by atoms with Gasteiger partial charge in [-0.3, -0.25) is 14.2 Å². The number of carbonyl (C=O) groups excluding carboxylic acids is 1. The average Bonchev–Trinajstić information content (AvgIpc) is 3.27. The van der Waals surface area contributed by atoms with Crippen LogP contribution in [0.25, 0.3) is 10.2 Å². The zero-order valence-electron chi connectivity index (χ0n) is 15.1. The molecule has 1 aliphatic heterocycles. The van der Waals surface area contributed by atoms with Crippen molar-refractivity contribution in [2.75, 3.05) is 13.1 Å². The van der Waals surface area contributed by atoms with Crippen molar-refractivity contribution in [3.63, 3.8) is 0 Å². The summed E-state index contributed by atoms with van der Waals surface area (Å²) in [5.41, 5.74) is 1.89. The summed E-state index contributed by atoms with van der Waals surface area (Å²) in [5.74, 6) is -0.108. The molecule has 4 heterocycles. The molecular formula is C18H20N4O3S2. The first-order chi connectivity index (χ1) is 12.9. The molecule has 0 aliphatic carbocycles. The molecule has 142 valence electrons. The SMILES string of the molecule is Cc1sc2ncn(CC3(O)CCN(C(=O)c4cscn4)CC3)c(=O)c2c1C. The van der Waals surface area contributed by atoms with Gasteiger partial charge < -0.3 is 10.0 Å². The van der Waals surface area contributed by atoms with Crippen LogP contribution in [0.15, 0.2) is 22.0 Å². The van der Waals surface area contributed by atoms with Crippen molar-refractivity contribution in [3.8, 4) is 0 Å². The lowest BCUT2D eigenvalue weighted by Gasteiger charge is -2.38. The first-order valence-electron chi connectivity index (χ1n) is 8.73. The summed E-state index contributed by atoms with van der Waals surface area (Å²) in [4.78, 5) is 37.2. The van der Waals surface area contributed by atoms with Crippen LogP contribution in [-0.2, 0) is 6.54 Å². The Labute approximate surface area is 163 Å². The molecule has 0 atom stereocenters. The van der Waals surface area contributed by atoms with Crippen LogP contribution in [0.3, 0.4) is 0 Å². The zero-order chi connectivity index (χ0) is 19.2. The van der Waals surface area contributed by atoms with Crippen LogP contribution in [0.4, 0.5) is 0 Å². The first kappa shape index (κ1) is 18.3. The summed E-state index contributed by atoms with van der Waals surface area (Å²) in [6, 6.07) is 0. The minimum atomic E-state index is -1.03. The van der Waals surface area contributed by atoms with E-state index in [0.717, 1.165) is 15.3 Å². The average molecular weight is 405 g/mol. The van der Waals surface area contributed by atoms with Crippen LogP contribution in [0.2, 0.25) is 0 Å². The molecule has 0 saturated carbocycles. The first-order valence-corrected chi connectivity index (χ1v) is 10.5. The molecule has 3 aromatic heterocycles. The van der Waals surface area contributed by atoms with Crippen LogP contribution in [-0.4, -0.2) is 49.1 Å². The number of thiophene rings is 1. The molecule has 0 unspecified atom stereocenters. The molecule has 1 saturated heterocycles. The standard InChI is InChI=1S/C18H20N4O3S2/c1-11-12(2)27-15-14(11)17(24)22(9-19-15)8-18(25)3-5-21(6-4-18)16(23)13-7-26-10-20-13/h7,9-10,25H,3-6,8H2,1-2H3. The second-order valence-electron chi connectivity index (χ2n) is 7.03. The normalized spacial score (nSPS) is 16.8. The summed E-state index contributed by atoms with van der Waals surface area (Å²) < 4.78 is 1.50. The molecule has 1 amide bonds. The Hall–Kier alpha value is -2.10. The van der Waals surface area contributed by atoms with Crippen molar-refractivity contribution in [2.45, 2.75) is 38.8 Å². The van der Waals surface area contributed by atoms with Crippen LogP contribution in [0.5, 0.6) is 0 Å². The molecule has 9 heteroatoms. The number of hydrogen-bond acceptors (Lipinski definition) is 7. The maximum absolute atomic E-state index is 12.9. The lowest BCUT2D eigenvalue weighted by atomic mass is 9.91. The Bertz CT molecular complexity index is 1050. The number of nitrogens with zero attached hydrogens (tertiary/aromatic N) is 4. The molecule has 1 fully saturated rings. The quantitative estimate of drug-likeness (QED) is 0.723. The Kier molecular flexibility index (Phi) is 4.61. The van der Waals surface area contributed by atoms with E-state index < -0.39 is 5.60 Å². The number of fused-ring (bicyclic) bond motifs is 1. The van der Waals surface area contributed by atoms with Crippen molar-refractivity contribution >= 4 is 38.8 Å². The third-order valence-electron chi connectivity index (χ3n) is 5.25. The van der Waals surface area contributed by atoms with Crippen molar-refractivity contribution < 1.29 is 9.90 Å². The second kappa shape index (κ2) is 6.81.